The van der Waals surface area contributed by atoms with Crippen molar-refractivity contribution in [1.82, 2.24) is 14.3 Å². The molecule has 2 unspecified atom stereocenters. The number of hydrogen-bond donors (Lipinski definition) is 1. The van der Waals surface area contributed by atoms with Crippen LogP contribution in [0.25, 0.3) is 0 Å². The van der Waals surface area contributed by atoms with Crippen molar-refractivity contribution in [2.24, 2.45) is 0 Å². The van der Waals surface area contributed by atoms with E-state index in [1.54, 1.807) is 30.5 Å². The van der Waals surface area contributed by atoms with E-state index >= 15 is 0 Å². The van der Waals surface area contributed by atoms with Crippen molar-refractivity contribution in [1.29, 1.82) is 0 Å². The third-order valence-corrected chi connectivity index (χ3v) is 6.15. The lowest BCUT2D eigenvalue weighted by molar-refractivity contribution is 0.405. The third-order valence-electron chi connectivity index (χ3n) is 4.56. The van der Waals surface area contributed by atoms with Crippen molar-refractivity contribution in [2.75, 3.05) is 0 Å². The molecule has 1 heterocycles. The first-order valence-electron chi connectivity index (χ1n) is 9.35. The van der Waals surface area contributed by atoms with Gasteiger partial charge in [-0.3, -0.25) is 4.57 Å². The zero-order chi connectivity index (χ0) is 21.0. The Bertz CT molecular complexity index is 1010. The fourth-order valence-electron chi connectivity index (χ4n) is 2.90. The Morgan fingerprint density at radius 3 is 2.59 bits per heavy atom. The van der Waals surface area contributed by atoms with E-state index < -0.39 is 11.0 Å². The SMILES string of the molecule is CCC(NS(=O)c1ccc(C)c(Cl)c1)c1cnc(Oc2ccc(F)cc2)n1CC. The Balaban J connectivity index is 1.81. The average molecular weight is 436 g/mol. The molecule has 1 aromatic heterocycles. The molecule has 3 aromatic rings. The van der Waals surface area contributed by atoms with Crippen molar-refractivity contribution < 1.29 is 13.3 Å². The number of benzene rings is 2. The normalized spacial score (nSPS) is 13.3. The lowest BCUT2D eigenvalue weighted by Crippen LogP contribution is -2.25. The Morgan fingerprint density at radius 1 is 1.24 bits per heavy atom. The van der Waals surface area contributed by atoms with Crippen molar-refractivity contribution in [2.45, 2.75) is 44.7 Å². The highest BCUT2D eigenvalue weighted by Gasteiger charge is 2.21. The van der Waals surface area contributed by atoms with Crippen molar-refractivity contribution >= 4 is 22.6 Å². The second kappa shape index (κ2) is 9.52. The van der Waals surface area contributed by atoms with E-state index in [0.717, 1.165) is 11.3 Å². The molecule has 8 heteroatoms. The van der Waals surface area contributed by atoms with Crippen LogP contribution in [-0.4, -0.2) is 13.8 Å². The monoisotopic (exact) mass is 435 g/mol. The topological polar surface area (TPSA) is 56.1 Å². The summed E-state index contributed by atoms with van der Waals surface area (Å²) in [5.41, 5.74) is 1.80. The zero-order valence-corrected chi connectivity index (χ0v) is 18.1. The van der Waals surface area contributed by atoms with E-state index in [1.165, 1.54) is 12.1 Å². The Morgan fingerprint density at radius 2 is 1.97 bits per heavy atom. The molecule has 2 aromatic carbocycles. The molecule has 3 rings (SSSR count). The number of ether oxygens (including phenoxy) is 1. The summed E-state index contributed by atoms with van der Waals surface area (Å²) in [6.45, 7) is 6.50. The maximum absolute atomic E-state index is 13.1. The van der Waals surface area contributed by atoms with Crippen LogP contribution in [0.15, 0.2) is 53.6 Å². The Kier molecular flexibility index (Phi) is 7.05. The number of rotatable bonds is 8. The fraction of sp³-hybridized carbons (Fsp3) is 0.286. The zero-order valence-electron chi connectivity index (χ0n) is 16.5. The smallest absolute Gasteiger partial charge is 0.302 e. The molecule has 0 radical (unpaired) electrons. The molecular formula is C21H23ClFN3O2S. The minimum Gasteiger partial charge on any atom is -0.426 e. The molecule has 0 saturated heterocycles. The number of aryl methyl sites for hydroxylation is 1. The van der Waals surface area contributed by atoms with Crippen LogP contribution in [0, 0.1) is 12.7 Å². The third kappa shape index (κ3) is 5.04. The molecule has 154 valence electrons. The van der Waals surface area contributed by atoms with Crippen molar-refractivity contribution in [3.05, 3.63) is 70.8 Å². The van der Waals surface area contributed by atoms with Gasteiger partial charge in [0.1, 0.15) is 22.6 Å². The first-order valence-corrected chi connectivity index (χ1v) is 10.9. The molecule has 1 N–H and O–H groups in total. The molecule has 5 nitrogen and oxygen atoms in total. The van der Waals surface area contributed by atoms with E-state index in [4.69, 9.17) is 16.3 Å². The Hall–Kier alpha value is -2.22. The van der Waals surface area contributed by atoms with Crippen LogP contribution < -0.4 is 9.46 Å². The average Bonchev–Trinajstić information content (AvgIpc) is 3.12. The second-order valence-corrected chi connectivity index (χ2v) is 8.18. The number of halogens is 2. The summed E-state index contributed by atoms with van der Waals surface area (Å²) in [4.78, 5) is 4.98. The van der Waals surface area contributed by atoms with Gasteiger partial charge in [-0.2, -0.15) is 0 Å². The molecule has 2 atom stereocenters. The molecule has 0 bridgehead atoms. The number of imidazole rings is 1. The maximum Gasteiger partial charge on any atom is 0.302 e. The predicted octanol–water partition coefficient (Wildman–Crippen LogP) is 5.56. The number of hydrogen-bond acceptors (Lipinski definition) is 3. The van der Waals surface area contributed by atoms with Crippen LogP contribution in [0.5, 0.6) is 11.8 Å². The van der Waals surface area contributed by atoms with Gasteiger partial charge in [0.25, 0.3) is 0 Å². The van der Waals surface area contributed by atoms with E-state index in [2.05, 4.69) is 9.71 Å². The summed E-state index contributed by atoms with van der Waals surface area (Å²) in [6.07, 6.45) is 2.41. The van der Waals surface area contributed by atoms with Crippen molar-refractivity contribution in [3.63, 3.8) is 0 Å². The maximum atomic E-state index is 13.1. The van der Waals surface area contributed by atoms with Crippen molar-refractivity contribution in [3.8, 4) is 11.8 Å². The Labute approximate surface area is 177 Å². The van der Waals surface area contributed by atoms with Gasteiger partial charge in [0.15, 0.2) is 0 Å². The summed E-state index contributed by atoms with van der Waals surface area (Å²) >= 11 is 6.17. The number of aromatic nitrogens is 2. The molecule has 0 fully saturated rings. The molecule has 0 amide bonds. The summed E-state index contributed by atoms with van der Waals surface area (Å²) in [5, 5.41) is 0.583. The summed E-state index contributed by atoms with van der Waals surface area (Å²) in [6, 6.07) is 11.3. The molecule has 0 aliphatic carbocycles. The lowest BCUT2D eigenvalue weighted by atomic mass is 10.2. The van der Waals surface area contributed by atoms with E-state index in [1.807, 2.05) is 31.4 Å². The number of nitrogens with zero attached hydrogens (tertiary/aromatic N) is 2. The van der Waals surface area contributed by atoms with E-state index in [-0.39, 0.29) is 11.9 Å². The van der Waals surface area contributed by atoms with Gasteiger partial charge in [0.2, 0.25) is 0 Å². The highest BCUT2D eigenvalue weighted by Crippen LogP contribution is 2.27. The molecule has 29 heavy (non-hydrogen) atoms. The summed E-state index contributed by atoms with van der Waals surface area (Å²) in [7, 11) is -1.43. The van der Waals surface area contributed by atoms with Crippen LogP contribution in [0.1, 0.15) is 37.6 Å². The first-order chi connectivity index (χ1) is 13.9. The van der Waals surface area contributed by atoms with Crippen LogP contribution >= 0.6 is 11.6 Å². The lowest BCUT2D eigenvalue weighted by Gasteiger charge is -2.19. The van der Waals surface area contributed by atoms with Gasteiger partial charge in [-0.1, -0.05) is 24.6 Å². The largest absolute Gasteiger partial charge is 0.426 e. The fourth-order valence-corrected chi connectivity index (χ4v) is 4.24. The molecule has 0 spiro atoms. The van der Waals surface area contributed by atoms with Gasteiger partial charge >= 0.3 is 6.01 Å². The van der Waals surface area contributed by atoms with Gasteiger partial charge in [0.05, 0.1) is 22.8 Å². The molecule has 0 aliphatic heterocycles. The molecular weight excluding hydrogens is 413 g/mol. The highest BCUT2D eigenvalue weighted by molar-refractivity contribution is 7.83. The first kappa shape index (κ1) is 21.5. The van der Waals surface area contributed by atoms with Gasteiger partial charge in [-0.25, -0.2) is 18.3 Å². The van der Waals surface area contributed by atoms with Crippen LogP contribution in [0.2, 0.25) is 5.02 Å². The predicted molar refractivity (Wildman–Crippen MR) is 113 cm³/mol. The quantitative estimate of drug-likeness (QED) is 0.504. The molecule has 0 saturated carbocycles. The van der Waals surface area contributed by atoms with E-state index in [0.29, 0.717) is 34.6 Å². The standard InChI is InChI=1S/C21H23ClFN3O2S/c1-4-19(25-29(27)17-11-6-14(3)18(22)12-17)20-13-24-21(26(20)5-2)28-16-9-7-15(23)8-10-16/h6-13,19,25H,4-5H2,1-3H3. The minimum atomic E-state index is -1.43. The van der Waals surface area contributed by atoms with Gasteiger partial charge in [0, 0.05) is 11.6 Å². The van der Waals surface area contributed by atoms with Crippen LogP contribution in [0.3, 0.4) is 0 Å². The molecule has 0 aliphatic rings. The number of nitrogens with one attached hydrogen (secondary N) is 1. The highest BCUT2D eigenvalue weighted by atomic mass is 35.5. The van der Waals surface area contributed by atoms with Gasteiger partial charge in [-0.15, -0.1) is 0 Å². The second-order valence-electron chi connectivity index (χ2n) is 6.52. The van der Waals surface area contributed by atoms with Crippen LogP contribution in [-0.2, 0) is 17.5 Å². The van der Waals surface area contributed by atoms with E-state index in [9.17, 15) is 8.60 Å². The summed E-state index contributed by atoms with van der Waals surface area (Å²) < 4.78 is 36.8. The van der Waals surface area contributed by atoms with Crippen LogP contribution in [0.4, 0.5) is 4.39 Å². The minimum absolute atomic E-state index is 0.200. The van der Waals surface area contributed by atoms with Gasteiger partial charge in [-0.05, 0) is 62.2 Å². The van der Waals surface area contributed by atoms with Gasteiger partial charge < -0.3 is 4.74 Å². The summed E-state index contributed by atoms with van der Waals surface area (Å²) in [5.74, 6) is 0.169.